The van der Waals surface area contributed by atoms with Crippen LogP contribution in [0.1, 0.15) is 48.4 Å². The number of hydrogen-bond acceptors (Lipinski definition) is 10. The average Bonchev–Trinajstić information content (AvgIpc) is 3.14. The van der Waals surface area contributed by atoms with Crippen LogP contribution in [-0.4, -0.2) is 74.6 Å². The summed E-state index contributed by atoms with van der Waals surface area (Å²) in [6.07, 6.45) is -4.09. The van der Waals surface area contributed by atoms with Gasteiger partial charge in [0.05, 0.1) is 29.8 Å². The summed E-state index contributed by atoms with van der Waals surface area (Å²) in [7, 11) is 0. The van der Waals surface area contributed by atoms with Crippen molar-refractivity contribution in [2.24, 2.45) is 5.92 Å². The van der Waals surface area contributed by atoms with Gasteiger partial charge in [0.15, 0.2) is 18.2 Å². The summed E-state index contributed by atoms with van der Waals surface area (Å²) in [5, 5.41) is 3.06. The monoisotopic (exact) mass is 651 g/mol. The Labute approximate surface area is 278 Å². The van der Waals surface area contributed by atoms with Crippen molar-refractivity contribution in [2.45, 2.75) is 31.5 Å². The lowest BCUT2D eigenvalue weighted by atomic mass is 9.90. The maximum atomic E-state index is 13.2. The number of carbonyl (C=O) groups is 4. The van der Waals surface area contributed by atoms with Crippen molar-refractivity contribution in [1.29, 1.82) is 0 Å². The summed E-state index contributed by atoms with van der Waals surface area (Å²) in [5.41, 5.74) is 1.57. The second-order valence-electron chi connectivity index (χ2n) is 11.2. The van der Waals surface area contributed by atoms with E-state index in [0.29, 0.717) is 22.3 Å². The summed E-state index contributed by atoms with van der Waals surface area (Å²) in [6.45, 7) is 1.95. The lowest BCUT2D eigenvalue weighted by molar-refractivity contribution is -0.285. The molecule has 2 unspecified atom stereocenters. The molecule has 1 fully saturated rings. The van der Waals surface area contributed by atoms with Crippen molar-refractivity contribution in [2.75, 3.05) is 26.3 Å². The first-order chi connectivity index (χ1) is 23.4. The third kappa shape index (κ3) is 9.22. The molecule has 1 aliphatic heterocycles. The number of nitrogens with one attached hydrogen (secondary N) is 1. The van der Waals surface area contributed by atoms with Crippen LogP contribution in [0, 0.1) is 5.92 Å². The lowest BCUT2D eigenvalue weighted by Gasteiger charge is -2.44. The molecule has 1 aliphatic rings. The minimum atomic E-state index is -1.12. The maximum Gasteiger partial charge on any atom is 0.338 e. The van der Waals surface area contributed by atoms with E-state index in [1.54, 1.807) is 122 Å². The van der Waals surface area contributed by atoms with Crippen molar-refractivity contribution >= 4 is 23.7 Å². The second-order valence-corrected chi connectivity index (χ2v) is 11.2. The quantitative estimate of drug-likeness (QED) is 0.0847. The van der Waals surface area contributed by atoms with Gasteiger partial charge >= 0.3 is 17.9 Å². The van der Waals surface area contributed by atoms with Gasteiger partial charge in [-0.05, 0) is 36.4 Å². The van der Waals surface area contributed by atoms with Gasteiger partial charge in [-0.25, -0.2) is 14.4 Å². The van der Waals surface area contributed by atoms with E-state index in [1.165, 1.54) is 0 Å². The highest BCUT2D eigenvalue weighted by Crippen LogP contribution is 2.33. The molecule has 0 aliphatic carbocycles. The Morgan fingerprint density at radius 1 is 0.625 bits per heavy atom. The zero-order valence-corrected chi connectivity index (χ0v) is 26.4. The number of ketones is 1. The maximum absolute atomic E-state index is 13.2. The van der Waals surface area contributed by atoms with E-state index < -0.39 is 48.4 Å². The molecule has 0 aromatic heterocycles. The van der Waals surface area contributed by atoms with Crippen LogP contribution in [0.4, 0.5) is 0 Å². The van der Waals surface area contributed by atoms with Crippen LogP contribution in [-0.2, 0) is 23.7 Å². The first kappa shape index (κ1) is 34.2. The molecule has 10 heteroatoms. The van der Waals surface area contributed by atoms with Crippen molar-refractivity contribution < 1.29 is 42.9 Å². The number of carbonyl (C=O) groups excluding carboxylic acids is 4. The van der Waals surface area contributed by atoms with Crippen molar-refractivity contribution in [3.8, 4) is 0 Å². The Kier molecular flexibility index (Phi) is 12.2. The second kappa shape index (κ2) is 17.1. The number of ether oxygens (including phenoxy) is 5. The van der Waals surface area contributed by atoms with Gasteiger partial charge in [-0.3, -0.25) is 4.79 Å². The molecule has 1 saturated heterocycles. The summed E-state index contributed by atoms with van der Waals surface area (Å²) >= 11 is 0. The summed E-state index contributed by atoms with van der Waals surface area (Å²) in [6, 6.07) is 34.3. The molecule has 0 radical (unpaired) electrons. The highest BCUT2D eigenvalue weighted by atomic mass is 16.7. The Balaban J connectivity index is 1.32. The first-order valence-electron chi connectivity index (χ1n) is 15.7. The Hall–Kier alpha value is -5.16. The fraction of sp³-hybridized carbons (Fsp3) is 0.263. The van der Waals surface area contributed by atoms with Crippen molar-refractivity contribution in [3.05, 3.63) is 144 Å². The fourth-order valence-corrected chi connectivity index (χ4v) is 5.24. The third-order valence-corrected chi connectivity index (χ3v) is 7.82. The van der Waals surface area contributed by atoms with Crippen LogP contribution in [0.5, 0.6) is 0 Å². The van der Waals surface area contributed by atoms with Crippen LogP contribution < -0.4 is 5.32 Å². The van der Waals surface area contributed by atoms with Gasteiger partial charge in [0, 0.05) is 18.0 Å². The average molecular weight is 652 g/mol. The van der Waals surface area contributed by atoms with E-state index in [4.69, 9.17) is 23.7 Å². The van der Waals surface area contributed by atoms with Crippen molar-refractivity contribution in [1.82, 2.24) is 5.32 Å². The molecule has 0 amide bonds. The van der Waals surface area contributed by atoms with E-state index in [1.807, 2.05) is 6.07 Å². The van der Waals surface area contributed by atoms with Gasteiger partial charge < -0.3 is 29.0 Å². The molecular weight excluding hydrogens is 614 g/mol. The van der Waals surface area contributed by atoms with Gasteiger partial charge in [0.2, 0.25) is 0 Å². The van der Waals surface area contributed by atoms with Gasteiger partial charge in [-0.2, -0.15) is 0 Å². The van der Waals surface area contributed by atoms with E-state index in [0.717, 1.165) is 0 Å². The largest absolute Gasteiger partial charge is 0.459 e. The van der Waals surface area contributed by atoms with Gasteiger partial charge in [0.1, 0.15) is 18.8 Å². The zero-order chi connectivity index (χ0) is 33.7. The molecule has 0 saturated carbocycles. The topological polar surface area (TPSA) is 126 Å². The first-order valence-corrected chi connectivity index (χ1v) is 15.7. The van der Waals surface area contributed by atoms with Crippen LogP contribution in [0.15, 0.2) is 121 Å². The zero-order valence-electron chi connectivity index (χ0n) is 26.4. The molecular formula is C38H37NO9. The molecule has 5 atom stereocenters. The highest BCUT2D eigenvalue weighted by molar-refractivity contribution is 5.97. The third-order valence-electron chi connectivity index (χ3n) is 7.82. The number of benzene rings is 4. The summed E-state index contributed by atoms with van der Waals surface area (Å²) in [5.74, 6) is -2.54. The molecule has 1 heterocycles. The molecule has 4 aromatic carbocycles. The van der Waals surface area contributed by atoms with Gasteiger partial charge in [-0.1, -0.05) is 91.9 Å². The molecule has 5 rings (SSSR count). The van der Waals surface area contributed by atoms with Gasteiger partial charge in [0.25, 0.3) is 0 Å². The summed E-state index contributed by atoms with van der Waals surface area (Å²) in [4.78, 5) is 51.8. The Bertz CT molecular complexity index is 1630. The molecule has 48 heavy (non-hydrogen) atoms. The molecule has 0 bridgehead atoms. The van der Waals surface area contributed by atoms with Crippen LogP contribution >= 0.6 is 0 Å². The van der Waals surface area contributed by atoms with Crippen LogP contribution in [0.3, 0.4) is 0 Å². The minimum Gasteiger partial charge on any atom is -0.459 e. The minimum absolute atomic E-state index is 0.0730. The molecule has 248 valence electrons. The normalized spacial score (nSPS) is 20.3. The number of hydrogen-bond donors (Lipinski definition) is 1. The Morgan fingerprint density at radius 2 is 1.08 bits per heavy atom. The fourth-order valence-electron chi connectivity index (χ4n) is 5.24. The lowest BCUT2D eigenvalue weighted by Crippen LogP contribution is -2.58. The standard InChI is InChI=1S/C38H37NO9/c1-26-33(47-36(42)29-18-10-4-11-19-29)32(25-45-35(41)28-16-8-3-9-17-28)46-38(34(26)48-37(43)30-20-12-5-13-21-30)44-23-22-39-24-31(40)27-14-6-2-7-15-27/h2-21,26,32-34,38-39H,22-25H2,1H3/t26-,32?,33+,34?,38+/m0/s1. The molecule has 4 aromatic rings. The predicted molar refractivity (Wildman–Crippen MR) is 175 cm³/mol. The van der Waals surface area contributed by atoms with E-state index in [9.17, 15) is 19.2 Å². The highest BCUT2D eigenvalue weighted by Gasteiger charge is 2.49. The molecule has 10 nitrogen and oxygen atoms in total. The molecule has 1 N–H and O–H groups in total. The van der Waals surface area contributed by atoms with E-state index in [-0.39, 0.29) is 32.1 Å². The predicted octanol–water partition coefficient (Wildman–Crippen LogP) is 5.14. The Morgan fingerprint density at radius 3 is 1.60 bits per heavy atom. The SMILES string of the molecule is C[C@@H]1C(OC(=O)c2ccccc2)[C@H](OCCNCC(=O)c2ccccc2)OC(COC(=O)c2ccccc2)[C@@H]1OC(=O)c1ccccc1. The number of rotatable bonds is 14. The smallest absolute Gasteiger partial charge is 0.338 e. The van der Waals surface area contributed by atoms with Gasteiger partial charge in [-0.15, -0.1) is 0 Å². The van der Waals surface area contributed by atoms with Crippen LogP contribution in [0.2, 0.25) is 0 Å². The van der Waals surface area contributed by atoms with Crippen LogP contribution in [0.25, 0.3) is 0 Å². The summed E-state index contributed by atoms with van der Waals surface area (Å²) < 4.78 is 29.9. The van der Waals surface area contributed by atoms with Crippen molar-refractivity contribution in [3.63, 3.8) is 0 Å². The number of Topliss-reactive ketones (excluding diaryl/α,β-unsaturated/α-hetero) is 1. The molecule has 0 spiro atoms. The van der Waals surface area contributed by atoms with E-state index in [2.05, 4.69) is 5.32 Å². The number of esters is 3. The van der Waals surface area contributed by atoms with E-state index >= 15 is 0 Å².